The SMILES string of the molecule is CC(=N)c1c(N)nc(-c2ccc(NSc3cc(Cl)ccc3F)cc2)nc1OC1CCN(C(C)C)CC1. The van der Waals surface area contributed by atoms with E-state index in [0.717, 1.165) is 49.1 Å². The second-order valence-corrected chi connectivity index (χ2v) is 10.3. The Balaban J connectivity index is 1.51. The van der Waals surface area contributed by atoms with Crippen molar-refractivity contribution in [2.45, 2.75) is 50.7 Å². The summed E-state index contributed by atoms with van der Waals surface area (Å²) in [5.74, 6) is 0.645. The van der Waals surface area contributed by atoms with Gasteiger partial charge in [0, 0.05) is 41.1 Å². The number of benzene rings is 2. The summed E-state index contributed by atoms with van der Waals surface area (Å²) in [5, 5.41) is 8.65. The van der Waals surface area contributed by atoms with Gasteiger partial charge in [-0.2, -0.15) is 4.98 Å². The van der Waals surface area contributed by atoms with E-state index in [1.807, 2.05) is 24.3 Å². The smallest absolute Gasteiger partial charge is 0.228 e. The van der Waals surface area contributed by atoms with Crippen molar-refractivity contribution >= 4 is 40.8 Å². The zero-order valence-electron chi connectivity index (χ0n) is 20.5. The third-order valence-electron chi connectivity index (χ3n) is 6.08. The molecular formula is C26H30ClFN6OS. The van der Waals surface area contributed by atoms with Crippen LogP contribution in [0.2, 0.25) is 5.02 Å². The number of hydrogen-bond donors (Lipinski definition) is 3. The molecular weight excluding hydrogens is 499 g/mol. The van der Waals surface area contributed by atoms with Crippen molar-refractivity contribution in [1.82, 2.24) is 14.9 Å². The van der Waals surface area contributed by atoms with Crippen LogP contribution in [0, 0.1) is 11.2 Å². The number of hydrogen-bond acceptors (Lipinski definition) is 8. The molecule has 10 heteroatoms. The second-order valence-electron chi connectivity index (χ2n) is 9.04. The Morgan fingerprint density at radius 1 is 1.19 bits per heavy atom. The van der Waals surface area contributed by atoms with Crippen LogP contribution in [0.1, 0.15) is 39.2 Å². The number of nitrogens with one attached hydrogen (secondary N) is 2. The Bertz CT molecular complexity index is 1230. The molecule has 4 N–H and O–H groups in total. The number of ether oxygens (including phenoxy) is 1. The lowest BCUT2D eigenvalue weighted by molar-refractivity contribution is 0.0812. The molecule has 190 valence electrons. The largest absolute Gasteiger partial charge is 0.474 e. The molecule has 1 aliphatic heterocycles. The Hall–Kier alpha value is -2.88. The van der Waals surface area contributed by atoms with Crippen LogP contribution in [0.25, 0.3) is 11.4 Å². The normalized spacial score (nSPS) is 14.7. The van der Waals surface area contributed by atoms with Gasteiger partial charge in [0.25, 0.3) is 0 Å². The number of nitrogen functional groups attached to an aromatic ring is 1. The van der Waals surface area contributed by atoms with Gasteiger partial charge in [-0.25, -0.2) is 9.37 Å². The Morgan fingerprint density at radius 3 is 2.53 bits per heavy atom. The summed E-state index contributed by atoms with van der Waals surface area (Å²) in [6, 6.07) is 12.3. The molecule has 3 aromatic rings. The van der Waals surface area contributed by atoms with Gasteiger partial charge >= 0.3 is 0 Å². The number of aromatic nitrogens is 2. The van der Waals surface area contributed by atoms with E-state index in [1.54, 1.807) is 13.0 Å². The summed E-state index contributed by atoms with van der Waals surface area (Å²) < 4.78 is 23.4. The molecule has 0 spiro atoms. The van der Waals surface area contributed by atoms with Crippen LogP contribution in [0.3, 0.4) is 0 Å². The van der Waals surface area contributed by atoms with E-state index in [0.29, 0.717) is 33.2 Å². The molecule has 1 aromatic heterocycles. The summed E-state index contributed by atoms with van der Waals surface area (Å²) in [4.78, 5) is 11.9. The van der Waals surface area contributed by atoms with Crippen LogP contribution in [0.5, 0.6) is 5.88 Å². The standard InChI is InChI=1S/C26H30ClFN6OS/c1-15(2)34-12-10-20(11-13-34)35-26-23(16(3)29)24(30)31-25(32-26)17-4-7-19(8-5-17)33-36-22-14-18(27)6-9-21(22)28/h4-9,14-15,20,29,33H,10-13H2,1-3H3,(H2,30,31,32). The molecule has 1 saturated heterocycles. The first-order chi connectivity index (χ1) is 17.2. The second kappa shape index (κ2) is 11.5. The van der Waals surface area contributed by atoms with Crippen molar-refractivity contribution in [3.8, 4) is 17.3 Å². The molecule has 0 unspecified atom stereocenters. The fourth-order valence-corrected chi connectivity index (χ4v) is 5.00. The maximum absolute atomic E-state index is 14.0. The first kappa shape index (κ1) is 26.2. The topological polar surface area (TPSA) is 100 Å². The van der Waals surface area contributed by atoms with Gasteiger partial charge in [-0.3, -0.25) is 0 Å². The predicted molar refractivity (Wildman–Crippen MR) is 146 cm³/mol. The lowest BCUT2D eigenvalue weighted by Crippen LogP contribution is -2.42. The Kier molecular flexibility index (Phi) is 8.33. The predicted octanol–water partition coefficient (Wildman–Crippen LogP) is 6.28. The van der Waals surface area contributed by atoms with E-state index in [1.165, 1.54) is 12.1 Å². The molecule has 2 heterocycles. The summed E-state index contributed by atoms with van der Waals surface area (Å²) >= 11 is 7.11. The monoisotopic (exact) mass is 528 g/mol. The average molecular weight is 529 g/mol. The number of piperidine rings is 1. The zero-order chi connectivity index (χ0) is 25.8. The van der Waals surface area contributed by atoms with E-state index in [-0.39, 0.29) is 23.5 Å². The van der Waals surface area contributed by atoms with E-state index >= 15 is 0 Å². The van der Waals surface area contributed by atoms with Gasteiger partial charge in [-0.1, -0.05) is 11.6 Å². The van der Waals surface area contributed by atoms with E-state index in [4.69, 9.17) is 27.5 Å². The van der Waals surface area contributed by atoms with Crippen molar-refractivity contribution in [3.63, 3.8) is 0 Å². The molecule has 0 atom stereocenters. The summed E-state index contributed by atoms with van der Waals surface area (Å²) in [5.41, 5.74) is 8.47. The molecule has 0 bridgehead atoms. The summed E-state index contributed by atoms with van der Waals surface area (Å²) in [7, 11) is 0. The number of halogens is 2. The molecule has 1 fully saturated rings. The maximum atomic E-state index is 14.0. The van der Waals surface area contributed by atoms with E-state index < -0.39 is 0 Å². The number of nitrogens with two attached hydrogens (primary N) is 1. The summed E-state index contributed by atoms with van der Waals surface area (Å²) in [6.07, 6.45) is 1.79. The fourth-order valence-electron chi connectivity index (χ4n) is 4.05. The number of anilines is 2. The Morgan fingerprint density at radius 2 is 1.89 bits per heavy atom. The first-order valence-electron chi connectivity index (χ1n) is 11.8. The molecule has 0 radical (unpaired) electrons. The van der Waals surface area contributed by atoms with Crippen molar-refractivity contribution < 1.29 is 9.13 Å². The lowest BCUT2D eigenvalue weighted by Gasteiger charge is -2.34. The van der Waals surface area contributed by atoms with Crippen molar-refractivity contribution in [2.24, 2.45) is 0 Å². The molecule has 7 nitrogen and oxygen atoms in total. The van der Waals surface area contributed by atoms with Crippen LogP contribution in [-0.4, -0.2) is 45.8 Å². The minimum absolute atomic E-state index is 0.00994. The zero-order valence-corrected chi connectivity index (χ0v) is 22.1. The highest BCUT2D eigenvalue weighted by Gasteiger charge is 2.25. The summed E-state index contributed by atoms with van der Waals surface area (Å²) in [6.45, 7) is 7.97. The molecule has 36 heavy (non-hydrogen) atoms. The van der Waals surface area contributed by atoms with E-state index in [2.05, 4.69) is 33.4 Å². The molecule has 0 aliphatic carbocycles. The minimum Gasteiger partial charge on any atom is -0.474 e. The molecule has 1 aliphatic rings. The van der Waals surface area contributed by atoms with E-state index in [9.17, 15) is 4.39 Å². The van der Waals surface area contributed by atoms with Gasteiger partial charge < -0.3 is 25.5 Å². The van der Waals surface area contributed by atoms with Gasteiger partial charge in [-0.15, -0.1) is 0 Å². The molecule has 2 aromatic carbocycles. The minimum atomic E-state index is -0.346. The van der Waals surface area contributed by atoms with Crippen LogP contribution in [0.4, 0.5) is 15.9 Å². The highest BCUT2D eigenvalue weighted by molar-refractivity contribution is 8.00. The fraction of sp³-hybridized carbons (Fsp3) is 0.346. The van der Waals surface area contributed by atoms with Crippen molar-refractivity contribution in [2.75, 3.05) is 23.5 Å². The van der Waals surface area contributed by atoms with Crippen molar-refractivity contribution in [1.29, 1.82) is 5.41 Å². The van der Waals surface area contributed by atoms with Gasteiger partial charge in [-0.05, 0) is 88.0 Å². The van der Waals surface area contributed by atoms with Gasteiger partial charge in [0.15, 0.2) is 5.82 Å². The van der Waals surface area contributed by atoms with Gasteiger partial charge in [0.05, 0.1) is 10.5 Å². The number of rotatable bonds is 8. The highest BCUT2D eigenvalue weighted by atomic mass is 35.5. The van der Waals surface area contributed by atoms with Crippen LogP contribution < -0.4 is 15.2 Å². The van der Waals surface area contributed by atoms with Gasteiger partial charge in [0.2, 0.25) is 5.88 Å². The molecule has 0 saturated carbocycles. The molecule has 0 amide bonds. The first-order valence-corrected chi connectivity index (χ1v) is 13.0. The van der Waals surface area contributed by atoms with Crippen LogP contribution >= 0.6 is 23.5 Å². The third-order valence-corrected chi connectivity index (χ3v) is 7.18. The average Bonchev–Trinajstić information content (AvgIpc) is 2.84. The maximum Gasteiger partial charge on any atom is 0.228 e. The number of likely N-dealkylation sites (tertiary alicyclic amines) is 1. The number of nitrogens with zero attached hydrogens (tertiary/aromatic N) is 3. The van der Waals surface area contributed by atoms with Crippen LogP contribution in [0.15, 0.2) is 47.4 Å². The lowest BCUT2D eigenvalue weighted by atomic mass is 10.1. The van der Waals surface area contributed by atoms with Crippen LogP contribution in [-0.2, 0) is 0 Å². The third kappa shape index (κ3) is 6.27. The van der Waals surface area contributed by atoms with Crippen molar-refractivity contribution in [3.05, 3.63) is 58.9 Å². The molecule has 4 rings (SSSR count). The highest BCUT2D eigenvalue weighted by Crippen LogP contribution is 2.31. The van der Waals surface area contributed by atoms with Gasteiger partial charge in [0.1, 0.15) is 17.7 Å². The Labute approximate surface area is 220 Å². The quantitative estimate of drug-likeness (QED) is 0.234.